The third-order valence-corrected chi connectivity index (χ3v) is 6.84. The molecule has 0 amide bonds. The first-order chi connectivity index (χ1) is 18.9. The molecule has 0 aliphatic heterocycles. The average Bonchev–Trinajstić information content (AvgIpc) is 3.58. The Hall–Kier alpha value is -4.21. The van der Waals surface area contributed by atoms with Gasteiger partial charge in [-0.1, -0.05) is 23.7 Å². The van der Waals surface area contributed by atoms with Crippen molar-refractivity contribution in [2.75, 3.05) is 20.8 Å². The number of ether oxygens (including phenoxy) is 2. The molecule has 0 aliphatic rings. The Balaban J connectivity index is 1.54. The topological polar surface area (TPSA) is 101 Å². The van der Waals surface area contributed by atoms with Crippen LogP contribution in [0, 0.1) is 0 Å². The number of methoxy groups -OCH3 is 2. The van der Waals surface area contributed by atoms with Crippen molar-refractivity contribution >= 4 is 28.3 Å². The number of halogens is 1. The number of hydrogen-bond acceptors (Lipinski definition) is 7. The lowest BCUT2D eigenvalue weighted by atomic mass is 9.97. The highest BCUT2D eigenvalue weighted by Crippen LogP contribution is 2.38. The van der Waals surface area contributed by atoms with Crippen LogP contribution in [0.3, 0.4) is 0 Å². The number of aryl methyl sites for hydroxylation is 1. The lowest BCUT2D eigenvalue weighted by Gasteiger charge is -2.21. The Morgan fingerprint density at radius 3 is 2.67 bits per heavy atom. The molecule has 0 saturated heterocycles. The molecule has 39 heavy (non-hydrogen) atoms. The van der Waals surface area contributed by atoms with Crippen molar-refractivity contribution in [1.29, 1.82) is 0 Å². The molecule has 1 unspecified atom stereocenters. The minimum absolute atomic E-state index is 0.113. The highest BCUT2D eigenvalue weighted by molar-refractivity contribution is 6.31. The molecule has 0 radical (unpaired) electrons. The fourth-order valence-corrected chi connectivity index (χ4v) is 4.94. The van der Waals surface area contributed by atoms with Gasteiger partial charge in [0.1, 0.15) is 17.7 Å². The molecule has 3 aromatic heterocycles. The Morgan fingerprint density at radius 1 is 1.08 bits per heavy atom. The lowest BCUT2D eigenvalue weighted by Crippen LogP contribution is -2.31. The van der Waals surface area contributed by atoms with E-state index in [-0.39, 0.29) is 17.8 Å². The van der Waals surface area contributed by atoms with Gasteiger partial charge in [0.15, 0.2) is 12.2 Å². The van der Waals surface area contributed by atoms with Crippen LogP contribution in [-0.4, -0.2) is 45.9 Å². The smallest absolute Gasteiger partial charge is 0.252 e. The van der Waals surface area contributed by atoms with Gasteiger partial charge in [0.05, 0.1) is 24.9 Å². The number of ketones is 1. The number of carbonyl (C=O) groups excluding carboxylic acids is 1. The molecule has 5 rings (SSSR count). The molecule has 0 spiro atoms. The summed E-state index contributed by atoms with van der Waals surface area (Å²) in [5, 5.41) is 5.82. The molecule has 3 heterocycles. The minimum atomic E-state index is -0.751. The second-order valence-electron chi connectivity index (χ2n) is 9.20. The van der Waals surface area contributed by atoms with Crippen LogP contribution >= 0.6 is 11.6 Å². The van der Waals surface area contributed by atoms with Crippen LogP contribution in [0.4, 0.5) is 0 Å². The van der Waals surface area contributed by atoms with E-state index >= 15 is 0 Å². The first-order valence-electron chi connectivity index (χ1n) is 12.3. The second kappa shape index (κ2) is 11.3. The van der Waals surface area contributed by atoms with E-state index in [1.165, 1.54) is 30.4 Å². The standard InChI is InChI=1S/C29H27ClN4O5/c1-33-14-19-10-18(4-7-24(19)32-33)11-27(35)26(8-9-37-2)34-15-28(38-3)23(13-29(34)36)22-12-20(30)5-6-21(22)25-16-39-17-31-25/h4-7,10,12-17,26H,8-9,11H2,1-3H3. The fraction of sp³-hybridized carbons (Fsp3) is 0.241. The number of aromatic nitrogens is 4. The molecule has 2 aromatic carbocycles. The van der Waals surface area contributed by atoms with E-state index in [2.05, 4.69) is 10.1 Å². The van der Waals surface area contributed by atoms with E-state index in [4.69, 9.17) is 25.5 Å². The summed E-state index contributed by atoms with van der Waals surface area (Å²) in [6, 6.07) is 11.7. The SMILES string of the molecule is COCCC(C(=O)Cc1ccc2nn(C)cc2c1)n1cc(OC)c(-c2cc(Cl)ccc2-c2cocn2)cc1=O. The van der Waals surface area contributed by atoms with E-state index in [1.807, 2.05) is 37.5 Å². The first kappa shape index (κ1) is 26.4. The van der Waals surface area contributed by atoms with Gasteiger partial charge in [-0.05, 0) is 41.8 Å². The zero-order valence-electron chi connectivity index (χ0n) is 21.8. The Bertz CT molecular complexity index is 1690. The molecule has 0 N–H and O–H groups in total. The van der Waals surface area contributed by atoms with Crippen molar-refractivity contribution in [2.45, 2.75) is 18.9 Å². The number of pyridine rings is 1. The largest absolute Gasteiger partial charge is 0.495 e. The molecule has 0 aliphatic carbocycles. The van der Waals surface area contributed by atoms with Gasteiger partial charge in [0, 0.05) is 61.0 Å². The van der Waals surface area contributed by atoms with Crippen molar-refractivity contribution < 1.29 is 18.7 Å². The van der Waals surface area contributed by atoms with Crippen molar-refractivity contribution in [3.8, 4) is 28.1 Å². The van der Waals surface area contributed by atoms with Gasteiger partial charge < -0.3 is 18.5 Å². The minimum Gasteiger partial charge on any atom is -0.495 e. The zero-order chi connectivity index (χ0) is 27.5. The number of rotatable bonds is 10. The predicted molar refractivity (Wildman–Crippen MR) is 148 cm³/mol. The number of benzene rings is 2. The predicted octanol–water partition coefficient (Wildman–Crippen LogP) is 5.11. The Kier molecular flexibility index (Phi) is 7.63. The van der Waals surface area contributed by atoms with Gasteiger partial charge in [-0.3, -0.25) is 14.3 Å². The molecule has 0 fully saturated rings. The van der Waals surface area contributed by atoms with Gasteiger partial charge in [-0.15, -0.1) is 0 Å². The highest BCUT2D eigenvalue weighted by atomic mass is 35.5. The fourth-order valence-electron chi connectivity index (χ4n) is 4.77. The molecule has 200 valence electrons. The maximum Gasteiger partial charge on any atom is 0.252 e. The van der Waals surface area contributed by atoms with Gasteiger partial charge in [-0.2, -0.15) is 5.10 Å². The highest BCUT2D eigenvalue weighted by Gasteiger charge is 2.24. The number of hydrogen-bond donors (Lipinski definition) is 0. The van der Waals surface area contributed by atoms with E-state index in [0.29, 0.717) is 40.6 Å². The van der Waals surface area contributed by atoms with Crippen LogP contribution in [0.5, 0.6) is 5.75 Å². The molecule has 9 nitrogen and oxygen atoms in total. The summed E-state index contributed by atoms with van der Waals surface area (Å²) in [6.45, 7) is 0.305. The van der Waals surface area contributed by atoms with Crippen molar-refractivity contribution in [2.24, 2.45) is 7.05 Å². The third kappa shape index (κ3) is 5.50. The number of carbonyl (C=O) groups is 1. The normalized spacial score (nSPS) is 12.1. The first-order valence-corrected chi connectivity index (χ1v) is 12.7. The average molecular weight is 547 g/mol. The molecule has 1 atom stereocenters. The maximum atomic E-state index is 13.6. The number of oxazole rings is 1. The van der Waals surface area contributed by atoms with Crippen molar-refractivity contribution in [3.05, 3.63) is 88.5 Å². The van der Waals surface area contributed by atoms with Crippen LogP contribution < -0.4 is 10.3 Å². The van der Waals surface area contributed by atoms with Crippen LogP contribution in [0.25, 0.3) is 33.3 Å². The molecular formula is C29H27ClN4O5. The molecule has 5 aromatic rings. The van der Waals surface area contributed by atoms with Crippen LogP contribution in [0.2, 0.25) is 5.02 Å². The van der Waals surface area contributed by atoms with Gasteiger partial charge >= 0.3 is 0 Å². The van der Waals surface area contributed by atoms with E-state index in [9.17, 15) is 9.59 Å². The van der Waals surface area contributed by atoms with Crippen molar-refractivity contribution in [1.82, 2.24) is 19.3 Å². The Morgan fingerprint density at radius 2 is 1.92 bits per heavy atom. The van der Waals surface area contributed by atoms with Crippen molar-refractivity contribution in [3.63, 3.8) is 0 Å². The quantitative estimate of drug-likeness (QED) is 0.240. The summed E-state index contributed by atoms with van der Waals surface area (Å²) in [6.07, 6.45) is 6.81. The summed E-state index contributed by atoms with van der Waals surface area (Å²) in [5.41, 5.74) is 3.84. The second-order valence-corrected chi connectivity index (χ2v) is 9.64. The monoisotopic (exact) mass is 546 g/mol. The van der Waals surface area contributed by atoms with Gasteiger partial charge in [0.25, 0.3) is 5.56 Å². The molecule has 0 saturated carbocycles. The third-order valence-electron chi connectivity index (χ3n) is 6.61. The van der Waals surface area contributed by atoms with E-state index in [0.717, 1.165) is 22.0 Å². The van der Waals surface area contributed by atoms with Crippen LogP contribution in [0.1, 0.15) is 18.0 Å². The summed E-state index contributed by atoms with van der Waals surface area (Å²) < 4.78 is 19.3. The number of fused-ring (bicyclic) bond motifs is 1. The van der Waals surface area contributed by atoms with Crippen LogP contribution in [-0.2, 0) is 23.0 Å². The maximum absolute atomic E-state index is 13.6. The van der Waals surface area contributed by atoms with Gasteiger partial charge in [0.2, 0.25) is 0 Å². The number of nitrogens with zero attached hydrogens (tertiary/aromatic N) is 4. The summed E-state index contributed by atoms with van der Waals surface area (Å²) in [4.78, 5) is 31.4. The molecule has 0 bridgehead atoms. The lowest BCUT2D eigenvalue weighted by molar-refractivity contribution is -0.122. The Labute approximate surface area is 229 Å². The summed E-state index contributed by atoms with van der Waals surface area (Å²) in [5.74, 6) is 0.298. The number of Topliss-reactive ketones (excluding diaryl/α,β-unsaturated/α-hetero) is 1. The van der Waals surface area contributed by atoms with E-state index in [1.54, 1.807) is 30.1 Å². The zero-order valence-corrected chi connectivity index (χ0v) is 22.5. The van der Waals surface area contributed by atoms with E-state index < -0.39 is 6.04 Å². The summed E-state index contributed by atoms with van der Waals surface area (Å²) >= 11 is 6.33. The van der Waals surface area contributed by atoms with Gasteiger partial charge in [-0.25, -0.2) is 4.98 Å². The molecular weight excluding hydrogens is 520 g/mol. The van der Waals surface area contributed by atoms with Crippen LogP contribution in [0.15, 0.2) is 76.7 Å². The molecule has 10 heteroatoms. The summed E-state index contributed by atoms with van der Waals surface area (Å²) in [7, 11) is 4.94.